The lowest BCUT2D eigenvalue weighted by Crippen LogP contribution is -2.56. The van der Waals surface area contributed by atoms with Crippen LogP contribution in [0.4, 0.5) is 0 Å². The van der Waals surface area contributed by atoms with E-state index in [2.05, 4.69) is 0 Å². The molecule has 4 nitrogen and oxygen atoms in total. The minimum atomic E-state index is -0.653. The molecule has 0 aliphatic carbocycles. The van der Waals surface area contributed by atoms with Gasteiger partial charge in [-0.1, -0.05) is 13.8 Å². The van der Waals surface area contributed by atoms with Crippen molar-refractivity contribution in [1.82, 2.24) is 9.80 Å². The molecule has 2 amide bonds. The van der Waals surface area contributed by atoms with E-state index >= 15 is 0 Å². The summed E-state index contributed by atoms with van der Waals surface area (Å²) < 4.78 is 0. The first kappa shape index (κ1) is 19.9. The second kappa shape index (κ2) is 8.09. The highest BCUT2D eigenvalue weighted by atomic mass is 35.5. The summed E-state index contributed by atoms with van der Waals surface area (Å²) in [5, 5.41) is 0. The van der Waals surface area contributed by atoms with Gasteiger partial charge in [-0.2, -0.15) is 0 Å². The highest BCUT2D eigenvalue weighted by Crippen LogP contribution is 2.28. The molecular formula is C14H20Cl4N2O2. The van der Waals surface area contributed by atoms with Gasteiger partial charge in [0.1, 0.15) is 21.4 Å². The molecule has 22 heavy (non-hydrogen) atoms. The van der Waals surface area contributed by atoms with Gasteiger partial charge >= 0.3 is 0 Å². The van der Waals surface area contributed by atoms with E-state index in [0.29, 0.717) is 6.42 Å². The van der Waals surface area contributed by atoms with Crippen LogP contribution in [0.2, 0.25) is 0 Å². The van der Waals surface area contributed by atoms with Gasteiger partial charge < -0.3 is 9.80 Å². The molecule has 1 saturated heterocycles. The predicted molar refractivity (Wildman–Crippen MR) is 91.3 cm³/mol. The number of amides is 2. The van der Waals surface area contributed by atoms with Crippen LogP contribution in [0, 0.1) is 11.8 Å². The van der Waals surface area contributed by atoms with Crippen LogP contribution in [0.25, 0.3) is 0 Å². The van der Waals surface area contributed by atoms with E-state index in [9.17, 15) is 9.59 Å². The molecule has 0 radical (unpaired) electrons. The van der Waals surface area contributed by atoms with Crippen LogP contribution >= 0.6 is 46.4 Å². The van der Waals surface area contributed by atoms with E-state index in [0.717, 1.165) is 0 Å². The molecule has 0 spiro atoms. The number of likely N-dealkylation sites (N-methyl/N-ethyl adjacent to an activating group) is 2. The Morgan fingerprint density at radius 3 is 2.09 bits per heavy atom. The molecule has 8 heteroatoms. The maximum Gasteiger partial charge on any atom is 0.270 e. The zero-order valence-corrected chi connectivity index (χ0v) is 15.9. The topological polar surface area (TPSA) is 40.6 Å². The summed E-state index contributed by atoms with van der Waals surface area (Å²) in [6.07, 6.45) is 2.02. The van der Waals surface area contributed by atoms with E-state index < -0.39 is 15.7 Å². The van der Waals surface area contributed by atoms with Crippen LogP contribution in [0.3, 0.4) is 0 Å². The number of halogens is 4. The summed E-state index contributed by atoms with van der Waals surface area (Å²) in [5.74, 6) is -0.792. The smallest absolute Gasteiger partial charge is 0.270 e. The van der Waals surface area contributed by atoms with Crippen LogP contribution in [0.15, 0.2) is 11.8 Å². The van der Waals surface area contributed by atoms with Gasteiger partial charge in [-0.15, -0.1) is 46.4 Å². The van der Waals surface area contributed by atoms with E-state index in [4.69, 9.17) is 46.4 Å². The molecule has 0 saturated carbocycles. The first-order valence-corrected chi connectivity index (χ1v) is 8.65. The van der Waals surface area contributed by atoms with Gasteiger partial charge in [0.05, 0.1) is 0 Å². The molecule has 0 aromatic rings. The minimum Gasteiger partial charge on any atom is -0.328 e. The molecule has 1 fully saturated rings. The summed E-state index contributed by atoms with van der Waals surface area (Å²) in [7, 11) is 3.17. The minimum absolute atomic E-state index is 0.111. The molecule has 126 valence electrons. The standard InChI is InChI=1S/C14H20Cl4N2O2/c1-7(11(15)16)5-9-13(21)20(4)10(14(22)19(9)3)6-8(2)12(17)18/h5,7-8,10-12H,6H2,1-4H3/b9-5-/t7-,8+,10-/m0/s1. The molecule has 3 atom stereocenters. The molecule has 1 aliphatic rings. The van der Waals surface area contributed by atoms with Crippen molar-refractivity contribution in [2.75, 3.05) is 14.1 Å². The largest absolute Gasteiger partial charge is 0.328 e. The molecule has 1 aliphatic heterocycles. The zero-order valence-electron chi connectivity index (χ0n) is 12.9. The first-order chi connectivity index (χ1) is 10.1. The molecule has 1 heterocycles. The van der Waals surface area contributed by atoms with E-state index in [1.807, 2.05) is 6.92 Å². The summed E-state index contributed by atoms with van der Waals surface area (Å²) in [5.41, 5.74) is 0.281. The molecule has 0 bridgehead atoms. The summed E-state index contributed by atoms with van der Waals surface area (Å²) in [6.45, 7) is 3.62. The summed E-state index contributed by atoms with van der Waals surface area (Å²) in [4.78, 5) is 26.6. The van der Waals surface area contributed by atoms with Gasteiger partial charge in [0, 0.05) is 20.0 Å². The second-order valence-electron chi connectivity index (χ2n) is 5.62. The van der Waals surface area contributed by atoms with Crippen LogP contribution in [0.1, 0.15) is 20.3 Å². The van der Waals surface area contributed by atoms with Crippen molar-refractivity contribution in [2.45, 2.75) is 36.0 Å². The summed E-state index contributed by atoms with van der Waals surface area (Å²) in [6, 6.07) is -0.581. The lowest BCUT2D eigenvalue weighted by atomic mass is 9.97. The van der Waals surface area contributed by atoms with E-state index in [1.165, 1.54) is 9.80 Å². The quantitative estimate of drug-likeness (QED) is 0.533. The third-order valence-electron chi connectivity index (χ3n) is 3.83. The van der Waals surface area contributed by atoms with Crippen molar-refractivity contribution < 1.29 is 9.59 Å². The highest BCUT2D eigenvalue weighted by Gasteiger charge is 2.40. The lowest BCUT2D eigenvalue weighted by Gasteiger charge is -2.39. The Kier molecular flexibility index (Phi) is 7.31. The highest BCUT2D eigenvalue weighted by molar-refractivity contribution is 6.44. The Balaban J connectivity index is 3.02. The number of carbonyl (C=O) groups is 2. The average molecular weight is 390 g/mol. The van der Waals surface area contributed by atoms with Crippen LogP contribution in [-0.2, 0) is 9.59 Å². The maximum atomic E-state index is 12.5. The number of nitrogens with zero attached hydrogens (tertiary/aromatic N) is 2. The van der Waals surface area contributed by atoms with Crippen molar-refractivity contribution in [1.29, 1.82) is 0 Å². The van der Waals surface area contributed by atoms with Gasteiger partial charge in [0.25, 0.3) is 5.91 Å². The van der Waals surface area contributed by atoms with Gasteiger partial charge in [-0.05, 0) is 18.4 Å². The molecule has 1 rings (SSSR count). The van der Waals surface area contributed by atoms with Crippen molar-refractivity contribution in [3.05, 3.63) is 11.8 Å². The number of hydrogen-bond acceptors (Lipinski definition) is 2. The van der Waals surface area contributed by atoms with Crippen molar-refractivity contribution in [2.24, 2.45) is 11.8 Å². The molecule has 0 aromatic carbocycles. The second-order valence-corrected chi connectivity index (χ2v) is 7.95. The van der Waals surface area contributed by atoms with Gasteiger partial charge in [-0.25, -0.2) is 0 Å². The summed E-state index contributed by atoms with van der Waals surface area (Å²) >= 11 is 23.3. The number of rotatable bonds is 5. The number of alkyl halides is 4. The lowest BCUT2D eigenvalue weighted by molar-refractivity contribution is -0.149. The van der Waals surface area contributed by atoms with Crippen LogP contribution in [-0.4, -0.2) is 51.4 Å². The van der Waals surface area contributed by atoms with E-state index in [-0.39, 0.29) is 29.3 Å². The number of allylic oxidation sites excluding steroid dienone is 1. The fraction of sp³-hybridized carbons (Fsp3) is 0.714. The third kappa shape index (κ3) is 4.44. The Morgan fingerprint density at radius 1 is 1.09 bits per heavy atom. The molecule has 0 unspecified atom stereocenters. The third-order valence-corrected chi connectivity index (χ3v) is 5.48. The molecule has 0 aromatic heterocycles. The van der Waals surface area contributed by atoms with Crippen LogP contribution < -0.4 is 0 Å². The fourth-order valence-electron chi connectivity index (χ4n) is 2.19. The Bertz CT molecular complexity index is 468. The normalized spacial score (nSPS) is 24.6. The van der Waals surface area contributed by atoms with Gasteiger partial charge in [0.15, 0.2) is 0 Å². The van der Waals surface area contributed by atoms with Crippen molar-refractivity contribution >= 4 is 58.2 Å². The average Bonchev–Trinajstić information content (AvgIpc) is 2.45. The number of hydrogen-bond donors (Lipinski definition) is 0. The van der Waals surface area contributed by atoms with Crippen molar-refractivity contribution in [3.63, 3.8) is 0 Å². The first-order valence-electron chi connectivity index (χ1n) is 6.90. The van der Waals surface area contributed by atoms with Crippen LogP contribution in [0.5, 0.6) is 0 Å². The fourth-order valence-corrected chi connectivity index (χ4v) is 2.54. The predicted octanol–water partition coefficient (Wildman–Crippen LogP) is 3.44. The maximum absolute atomic E-state index is 12.5. The van der Waals surface area contributed by atoms with E-state index in [1.54, 1.807) is 27.1 Å². The zero-order chi connectivity index (χ0) is 17.2. The Morgan fingerprint density at radius 2 is 1.64 bits per heavy atom. The molecule has 0 N–H and O–H groups in total. The Hall–Kier alpha value is -0.160. The SMILES string of the molecule is C[C@H](C[C@H]1C(=O)N(C)/C(=C\[C@H](C)C(Cl)Cl)C(=O)N1C)C(Cl)Cl. The van der Waals surface area contributed by atoms with Gasteiger partial charge in [0.2, 0.25) is 5.91 Å². The Labute approximate surface area is 151 Å². The van der Waals surface area contributed by atoms with Gasteiger partial charge in [-0.3, -0.25) is 9.59 Å². The number of piperazine rings is 1. The molecular weight excluding hydrogens is 370 g/mol. The monoisotopic (exact) mass is 388 g/mol. The van der Waals surface area contributed by atoms with Crippen molar-refractivity contribution in [3.8, 4) is 0 Å². The number of carbonyl (C=O) groups excluding carboxylic acids is 2.